The lowest BCUT2D eigenvalue weighted by Crippen LogP contribution is -2.30. The van der Waals surface area contributed by atoms with E-state index in [4.69, 9.17) is 0 Å². The van der Waals surface area contributed by atoms with E-state index in [-0.39, 0.29) is 11.1 Å². The summed E-state index contributed by atoms with van der Waals surface area (Å²) in [7, 11) is 0. The summed E-state index contributed by atoms with van der Waals surface area (Å²) < 4.78 is 0. The van der Waals surface area contributed by atoms with Gasteiger partial charge in [0.2, 0.25) is 0 Å². The Morgan fingerprint density at radius 3 is 2.32 bits per heavy atom. The Morgan fingerprint density at radius 1 is 1.00 bits per heavy atom. The first kappa shape index (κ1) is 17.2. The average molecular weight is 349 g/mol. The number of rotatable bonds is 5. The van der Waals surface area contributed by atoms with Gasteiger partial charge in [0, 0.05) is 6.54 Å². The van der Waals surface area contributed by atoms with Crippen LogP contribution in [-0.2, 0) is 11.2 Å². The van der Waals surface area contributed by atoms with Crippen molar-refractivity contribution in [2.75, 3.05) is 6.54 Å². The van der Waals surface area contributed by atoms with Crippen LogP contribution in [-0.4, -0.2) is 22.6 Å². The summed E-state index contributed by atoms with van der Waals surface area (Å²) in [6.45, 7) is 2.35. The van der Waals surface area contributed by atoms with Crippen molar-refractivity contribution in [2.24, 2.45) is 0 Å². The van der Waals surface area contributed by atoms with Crippen LogP contribution in [0.2, 0.25) is 0 Å². The summed E-state index contributed by atoms with van der Waals surface area (Å²) in [5.41, 5.74) is 3.13. The van der Waals surface area contributed by atoms with E-state index >= 15 is 0 Å². The van der Waals surface area contributed by atoms with Crippen molar-refractivity contribution in [3.63, 3.8) is 0 Å². The highest BCUT2D eigenvalue weighted by atomic mass is 32.2. The quantitative estimate of drug-likeness (QED) is 0.720. The molecule has 3 nitrogen and oxygen atoms in total. The highest BCUT2D eigenvalue weighted by molar-refractivity contribution is 8.18. The predicted octanol–water partition coefficient (Wildman–Crippen LogP) is 4.91. The number of nitrogens with zero attached hydrogens (tertiary/aromatic N) is 1. The zero-order valence-electron chi connectivity index (χ0n) is 14.0. The molecule has 2 aromatic carbocycles. The number of carbonyl (C=O) groups is 2. The van der Waals surface area contributed by atoms with Crippen LogP contribution in [0.1, 0.15) is 18.1 Å². The average Bonchev–Trinajstić information content (AvgIpc) is 2.88. The lowest BCUT2D eigenvalue weighted by atomic mass is 10.1. The number of benzene rings is 2. The molecular weight excluding hydrogens is 330 g/mol. The molecule has 0 aromatic heterocycles. The molecule has 0 atom stereocenters. The van der Waals surface area contributed by atoms with Crippen molar-refractivity contribution in [3.8, 4) is 0 Å². The van der Waals surface area contributed by atoms with Gasteiger partial charge >= 0.3 is 0 Å². The van der Waals surface area contributed by atoms with Crippen LogP contribution in [0.5, 0.6) is 0 Å². The second-order valence-corrected chi connectivity index (χ2v) is 6.86. The zero-order valence-corrected chi connectivity index (χ0v) is 14.8. The molecular formula is C21H19NO2S. The molecule has 4 heteroatoms. The molecule has 2 aromatic rings. The van der Waals surface area contributed by atoms with Crippen LogP contribution in [0.3, 0.4) is 0 Å². The van der Waals surface area contributed by atoms with Crippen molar-refractivity contribution >= 4 is 29.0 Å². The van der Waals surface area contributed by atoms with E-state index in [2.05, 4.69) is 0 Å². The Balaban J connectivity index is 1.69. The molecule has 25 heavy (non-hydrogen) atoms. The first-order valence-corrected chi connectivity index (χ1v) is 8.98. The molecule has 1 heterocycles. The Hall–Kier alpha value is -2.59. The summed E-state index contributed by atoms with van der Waals surface area (Å²) in [6.07, 6.45) is 4.46. The Bertz CT molecular complexity index is 825. The SMILES string of the molecule is CC(=C\c1ccccc1)/C=C1/SC(=O)N(CCc2ccccc2)C1=O. The van der Waals surface area contributed by atoms with Crippen LogP contribution in [0, 0.1) is 0 Å². The van der Waals surface area contributed by atoms with E-state index in [0.29, 0.717) is 17.9 Å². The van der Waals surface area contributed by atoms with Crippen LogP contribution >= 0.6 is 11.8 Å². The van der Waals surface area contributed by atoms with Gasteiger partial charge in [0.25, 0.3) is 11.1 Å². The standard InChI is InChI=1S/C21H19NO2S/c1-16(14-18-10-6-3-7-11-18)15-19-20(23)22(21(24)25-19)13-12-17-8-4-2-5-9-17/h2-11,14-15H,12-13H2,1H3/b16-14+,19-15+. The summed E-state index contributed by atoms with van der Waals surface area (Å²) in [6, 6.07) is 19.8. The molecule has 1 saturated heterocycles. The minimum atomic E-state index is -0.202. The minimum absolute atomic E-state index is 0.195. The predicted molar refractivity (Wildman–Crippen MR) is 103 cm³/mol. The van der Waals surface area contributed by atoms with Gasteiger partial charge < -0.3 is 0 Å². The first-order valence-electron chi connectivity index (χ1n) is 8.16. The van der Waals surface area contributed by atoms with Crippen LogP contribution in [0.25, 0.3) is 6.08 Å². The zero-order chi connectivity index (χ0) is 17.6. The number of thioether (sulfide) groups is 1. The third kappa shape index (κ3) is 4.48. The van der Waals surface area contributed by atoms with E-state index in [0.717, 1.165) is 28.5 Å². The smallest absolute Gasteiger partial charge is 0.268 e. The van der Waals surface area contributed by atoms with E-state index in [1.165, 1.54) is 4.90 Å². The van der Waals surface area contributed by atoms with Crippen molar-refractivity contribution in [2.45, 2.75) is 13.3 Å². The lowest BCUT2D eigenvalue weighted by molar-refractivity contribution is -0.122. The van der Waals surface area contributed by atoms with Crippen molar-refractivity contribution in [3.05, 3.63) is 88.3 Å². The fourth-order valence-electron chi connectivity index (χ4n) is 2.64. The molecule has 0 aliphatic carbocycles. The maximum absolute atomic E-state index is 12.5. The van der Waals surface area contributed by atoms with Gasteiger partial charge in [-0.15, -0.1) is 0 Å². The molecule has 1 aliphatic rings. The number of carbonyl (C=O) groups excluding carboxylic acids is 2. The van der Waals surface area contributed by atoms with Crippen molar-refractivity contribution < 1.29 is 9.59 Å². The molecule has 0 saturated carbocycles. The Labute approximate surface area is 152 Å². The van der Waals surface area contributed by atoms with Crippen molar-refractivity contribution in [1.82, 2.24) is 4.90 Å². The minimum Gasteiger partial charge on any atom is -0.268 e. The summed E-state index contributed by atoms with van der Waals surface area (Å²) >= 11 is 1.01. The third-order valence-corrected chi connectivity index (χ3v) is 4.80. The van der Waals surface area contributed by atoms with Crippen LogP contribution in [0.4, 0.5) is 4.79 Å². The fraction of sp³-hybridized carbons (Fsp3) is 0.143. The van der Waals surface area contributed by atoms with Gasteiger partial charge in [-0.1, -0.05) is 66.7 Å². The van der Waals surface area contributed by atoms with Crippen LogP contribution < -0.4 is 0 Å². The van der Waals surface area contributed by atoms with Gasteiger partial charge in [-0.2, -0.15) is 0 Å². The van der Waals surface area contributed by atoms with Crippen molar-refractivity contribution in [1.29, 1.82) is 0 Å². The second kappa shape index (κ2) is 7.99. The molecule has 0 spiro atoms. The molecule has 0 radical (unpaired) electrons. The molecule has 0 unspecified atom stereocenters. The third-order valence-electron chi connectivity index (χ3n) is 3.89. The van der Waals surface area contributed by atoms with Gasteiger partial charge in [-0.05, 0) is 47.9 Å². The number of allylic oxidation sites excluding steroid dienone is 2. The van der Waals surface area contributed by atoms with E-state index in [1.54, 1.807) is 6.08 Å². The summed E-state index contributed by atoms with van der Waals surface area (Å²) in [5, 5.41) is -0.195. The van der Waals surface area contributed by atoms with Crippen LogP contribution in [0.15, 0.2) is 77.2 Å². The Kier molecular flexibility index (Phi) is 5.51. The molecule has 1 aliphatic heterocycles. The van der Waals surface area contributed by atoms with Gasteiger partial charge in [0.15, 0.2) is 0 Å². The molecule has 1 fully saturated rings. The first-order chi connectivity index (χ1) is 12.1. The highest BCUT2D eigenvalue weighted by Crippen LogP contribution is 2.31. The molecule has 3 rings (SSSR count). The lowest BCUT2D eigenvalue weighted by Gasteiger charge is -2.12. The molecule has 2 amide bonds. The largest absolute Gasteiger partial charge is 0.293 e. The molecule has 0 bridgehead atoms. The molecule has 126 valence electrons. The molecule has 0 N–H and O–H groups in total. The normalized spacial score (nSPS) is 16.8. The number of imide groups is 1. The number of hydrogen-bond acceptors (Lipinski definition) is 3. The second-order valence-electron chi connectivity index (χ2n) is 5.87. The summed E-state index contributed by atoms with van der Waals surface area (Å²) in [4.78, 5) is 26.5. The van der Waals surface area contributed by atoms with Gasteiger partial charge in [-0.25, -0.2) is 0 Å². The van der Waals surface area contributed by atoms with Gasteiger partial charge in [0.1, 0.15) is 0 Å². The number of hydrogen-bond donors (Lipinski definition) is 0. The van der Waals surface area contributed by atoms with Gasteiger partial charge in [-0.3, -0.25) is 14.5 Å². The topological polar surface area (TPSA) is 37.4 Å². The summed E-state index contributed by atoms with van der Waals surface area (Å²) in [5.74, 6) is -0.202. The fourth-order valence-corrected chi connectivity index (χ4v) is 3.55. The number of amides is 2. The Morgan fingerprint density at radius 2 is 1.64 bits per heavy atom. The maximum Gasteiger partial charge on any atom is 0.293 e. The monoisotopic (exact) mass is 349 g/mol. The maximum atomic E-state index is 12.5. The van der Waals surface area contributed by atoms with Gasteiger partial charge in [0.05, 0.1) is 4.91 Å². The highest BCUT2D eigenvalue weighted by Gasteiger charge is 2.34. The van der Waals surface area contributed by atoms with E-state index in [1.807, 2.05) is 73.7 Å². The van der Waals surface area contributed by atoms with E-state index < -0.39 is 0 Å². The van der Waals surface area contributed by atoms with E-state index in [9.17, 15) is 9.59 Å².